The Kier molecular flexibility index (Phi) is 13.4. The van der Waals surface area contributed by atoms with Crippen molar-refractivity contribution in [2.24, 2.45) is 33.8 Å². The largest absolute Gasteiger partial charge is 0.480 e. The van der Waals surface area contributed by atoms with Gasteiger partial charge in [0.15, 0.2) is 5.96 Å². The number of nitrogens with two attached hydrogens (primary N) is 4. The number of nitrogens with one attached hydrogen (secondary N) is 4. The summed E-state index contributed by atoms with van der Waals surface area (Å²) in [6.45, 7) is 3.61. The molecule has 5 atom stereocenters. The van der Waals surface area contributed by atoms with Crippen LogP contribution < -0.4 is 38.9 Å². The number of benzene rings is 1. The van der Waals surface area contributed by atoms with E-state index in [4.69, 9.17) is 22.9 Å². The molecule has 15 heteroatoms. The summed E-state index contributed by atoms with van der Waals surface area (Å²) in [6.07, 6.45) is 2.37. The summed E-state index contributed by atoms with van der Waals surface area (Å²) >= 11 is 0. The molecule has 5 unspecified atom stereocenters. The Morgan fingerprint density at radius 2 is 1.58 bits per heavy atom. The number of amides is 4. The van der Waals surface area contributed by atoms with Crippen LogP contribution in [0.5, 0.6) is 0 Å². The Morgan fingerprint density at radius 3 is 2.21 bits per heavy atom. The van der Waals surface area contributed by atoms with E-state index in [0.717, 1.165) is 16.5 Å². The lowest BCUT2D eigenvalue weighted by Gasteiger charge is -2.26. The minimum absolute atomic E-state index is 0.0862. The lowest BCUT2D eigenvalue weighted by molar-refractivity contribution is -0.144. The Balaban J connectivity index is 2.21. The number of carboxylic acids is 1. The molecule has 0 radical (unpaired) electrons. The lowest BCUT2D eigenvalue weighted by Crippen LogP contribution is -2.58. The third-order valence-corrected chi connectivity index (χ3v) is 7.12. The average Bonchev–Trinajstić information content (AvgIpc) is 3.36. The molecule has 2 rings (SSSR count). The van der Waals surface area contributed by atoms with Crippen LogP contribution in [0.2, 0.25) is 0 Å². The highest BCUT2D eigenvalue weighted by atomic mass is 16.4. The second-order valence-electron chi connectivity index (χ2n) is 10.5. The van der Waals surface area contributed by atoms with Crippen LogP contribution in [-0.4, -0.2) is 76.4 Å². The highest BCUT2D eigenvalue weighted by Gasteiger charge is 2.32. The van der Waals surface area contributed by atoms with Crippen LogP contribution >= 0.6 is 0 Å². The molecular weight excluding hydrogens is 558 g/mol. The number of nitrogens with zero attached hydrogens (tertiary/aromatic N) is 1. The molecule has 0 aliphatic rings. The van der Waals surface area contributed by atoms with Crippen molar-refractivity contribution in [1.29, 1.82) is 0 Å². The summed E-state index contributed by atoms with van der Waals surface area (Å²) in [4.78, 5) is 69.9. The van der Waals surface area contributed by atoms with Crippen molar-refractivity contribution in [2.45, 2.75) is 76.5 Å². The Bertz CT molecular complexity index is 1310. The van der Waals surface area contributed by atoms with Gasteiger partial charge in [-0.05, 0) is 43.2 Å². The Labute approximate surface area is 249 Å². The van der Waals surface area contributed by atoms with E-state index in [-0.39, 0.29) is 38.2 Å². The maximum Gasteiger partial charge on any atom is 0.326 e. The summed E-state index contributed by atoms with van der Waals surface area (Å²) in [5, 5.41) is 18.1. The zero-order valence-electron chi connectivity index (χ0n) is 24.5. The van der Waals surface area contributed by atoms with Crippen molar-refractivity contribution < 1.29 is 29.1 Å². The molecule has 0 fully saturated rings. The Morgan fingerprint density at radius 1 is 0.953 bits per heavy atom. The van der Waals surface area contributed by atoms with Gasteiger partial charge < -0.3 is 49.0 Å². The summed E-state index contributed by atoms with van der Waals surface area (Å²) in [7, 11) is 0. The average molecular weight is 602 g/mol. The molecule has 0 aliphatic carbocycles. The van der Waals surface area contributed by atoms with Gasteiger partial charge in [0.05, 0.1) is 6.04 Å². The lowest BCUT2D eigenvalue weighted by atomic mass is 9.98. The standard InChI is InChI=1S/C28H43N9O6/c1-3-15(2)23(27(42)43)37-26(41)21(10-11-22(30)38)36-25(40)20(9-6-12-33-28(31)32)35-24(39)18(29)13-16-14-34-19-8-5-4-7-17(16)19/h4-5,7-8,14-15,18,20-21,23,34H,3,6,9-13,29H2,1-2H3,(H2,30,38)(H,35,39)(H,36,40)(H,37,41)(H,42,43)(H4,31,32,33). The van der Waals surface area contributed by atoms with Crippen LogP contribution in [0.3, 0.4) is 0 Å². The van der Waals surface area contributed by atoms with Gasteiger partial charge in [0.25, 0.3) is 0 Å². The number of guanidine groups is 1. The van der Waals surface area contributed by atoms with Crippen molar-refractivity contribution in [3.05, 3.63) is 36.0 Å². The molecule has 236 valence electrons. The number of carbonyl (C=O) groups is 5. The molecule has 15 nitrogen and oxygen atoms in total. The van der Waals surface area contributed by atoms with Crippen LogP contribution in [0.1, 0.15) is 51.5 Å². The molecule has 13 N–H and O–H groups in total. The number of rotatable bonds is 18. The predicted octanol–water partition coefficient (Wildman–Crippen LogP) is -1.06. The number of hydrogen-bond donors (Lipinski definition) is 9. The number of H-pyrrole nitrogens is 1. The second kappa shape index (κ2) is 16.7. The van der Waals surface area contributed by atoms with Gasteiger partial charge in [0, 0.05) is 30.1 Å². The van der Waals surface area contributed by atoms with E-state index in [9.17, 15) is 29.1 Å². The number of aliphatic imine (C=N–C) groups is 1. The summed E-state index contributed by atoms with van der Waals surface area (Å²) < 4.78 is 0. The third kappa shape index (κ3) is 10.9. The number of carbonyl (C=O) groups excluding carboxylic acids is 4. The molecule has 1 aromatic heterocycles. The summed E-state index contributed by atoms with van der Waals surface area (Å²) in [5.41, 5.74) is 23.9. The quantitative estimate of drug-likeness (QED) is 0.0571. The highest BCUT2D eigenvalue weighted by Crippen LogP contribution is 2.19. The number of aliphatic carboxylic acids is 1. The van der Waals surface area contributed by atoms with Crippen molar-refractivity contribution >= 4 is 46.5 Å². The van der Waals surface area contributed by atoms with Crippen LogP contribution in [0.25, 0.3) is 10.9 Å². The van der Waals surface area contributed by atoms with Gasteiger partial charge in [-0.1, -0.05) is 38.5 Å². The first-order valence-corrected chi connectivity index (χ1v) is 14.1. The van der Waals surface area contributed by atoms with Gasteiger partial charge in [-0.3, -0.25) is 24.2 Å². The van der Waals surface area contributed by atoms with Gasteiger partial charge in [-0.2, -0.15) is 0 Å². The van der Waals surface area contributed by atoms with Gasteiger partial charge >= 0.3 is 5.97 Å². The fourth-order valence-corrected chi connectivity index (χ4v) is 4.45. The maximum absolute atomic E-state index is 13.4. The number of fused-ring (bicyclic) bond motifs is 1. The molecular formula is C28H43N9O6. The fourth-order valence-electron chi connectivity index (χ4n) is 4.45. The van der Waals surface area contributed by atoms with E-state index in [1.54, 1.807) is 20.0 Å². The topological polar surface area (TPSA) is 274 Å². The second-order valence-corrected chi connectivity index (χ2v) is 10.5. The van der Waals surface area contributed by atoms with Crippen molar-refractivity contribution in [2.75, 3.05) is 6.54 Å². The van der Waals surface area contributed by atoms with E-state index in [1.807, 2.05) is 24.3 Å². The fraction of sp³-hybridized carbons (Fsp3) is 0.500. The van der Waals surface area contributed by atoms with Gasteiger partial charge in [-0.15, -0.1) is 0 Å². The third-order valence-electron chi connectivity index (χ3n) is 7.12. The van der Waals surface area contributed by atoms with Crippen LogP contribution in [0.15, 0.2) is 35.5 Å². The zero-order chi connectivity index (χ0) is 32.1. The molecule has 1 heterocycles. The molecule has 0 saturated heterocycles. The van der Waals surface area contributed by atoms with E-state index < -0.39 is 59.7 Å². The predicted molar refractivity (Wildman–Crippen MR) is 161 cm³/mol. The minimum Gasteiger partial charge on any atom is -0.480 e. The van der Waals surface area contributed by atoms with E-state index in [1.165, 1.54) is 0 Å². The molecule has 43 heavy (non-hydrogen) atoms. The van der Waals surface area contributed by atoms with Crippen molar-refractivity contribution in [3.63, 3.8) is 0 Å². The summed E-state index contributed by atoms with van der Waals surface area (Å²) in [5.74, 6) is -4.64. The summed E-state index contributed by atoms with van der Waals surface area (Å²) in [6, 6.07) is 2.87. The van der Waals surface area contributed by atoms with E-state index >= 15 is 0 Å². The number of para-hydroxylation sites is 1. The van der Waals surface area contributed by atoms with Crippen LogP contribution in [0.4, 0.5) is 0 Å². The first kappa shape index (κ1) is 34.5. The van der Waals surface area contributed by atoms with Gasteiger partial charge in [0.2, 0.25) is 23.6 Å². The first-order valence-electron chi connectivity index (χ1n) is 14.1. The molecule has 0 spiro atoms. The minimum atomic E-state index is -1.30. The van der Waals surface area contributed by atoms with Crippen molar-refractivity contribution in [1.82, 2.24) is 20.9 Å². The zero-order valence-corrected chi connectivity index (χ0v) is 24.5. The van der Waals surface area contributed by atoms with E-state index in [2.05, 4.69) is 25.9 Å². The molecule has 0 aliphatic heterocycles. The van der Waals surface area contributed by atoms with Gasteiger partial charge in [-0.25, -0.2) is 4.79 Å². The molecule has 1 aromatic carbocycles. The number of hydrogen-bond acceptors (Lipinski definition) is 7. The van der Waals surface area contributed by atoms with Gasteiger partial charge in [0.1, 0.15) is 18.1 Å². The smallest absolute Gasteiger partial charge is 0.326 e. The van der Waals surface area contributed by atoms with Crippen LogP contribution in [0, 0.1) is 5.92 Å². The SMILES string of the molecule is CCC(C)C(NC(=O)C(CCC(N)=O)NC(=O)C(CCCN=C(N)N)NC(=O)C(N)Cc1c[nH]c2ccccc12)C(=O)O. The van der Waals surface area contributed by atoms with E-state index in [0.29, 0.717) is 12.8 Å². The molecule has 2 aromatic rings. The normalized spacial score (nSPS) is 14.5. The van der Waals surface area contributed by atoms with Crippen molar-refractivity contribution in [3.8, 4) is 0 Å². The first-order chi connectivity index (χ1) is 20.3. The van der Waals surface area contributed by atoms with Crippen LogP contribution in [-0.2, 0) is 30.4 Å². The monoisotopic (exact) mass is 601 g/mol. The number of aromatic amines is 1. The highest BCUT2D eigenvalue weighted by molar-refractivity contribution is 5.94. The number of carboxylic acid groups (broad SMARTS) is 1. The molecule has 0 bridgehead atoms. The number of primary amides is 1. The number of aromatic nitrogens is 1. The maximum atomic E-state index is 13.4. The Hall–Kier alpha value is -4.66. The molecule has 4 amide bonds. The molecule has 0 saturated carbocycles.